The maximum absolute atomic E-state index is 11.5. The molecule has 0 saturated carbocycles. The van der Waals surface area contributed by atoms with Gasteiger partial charge in [-0.05, 0) is 59.0 Å². The van der Waals surface area contributed by atoms with E-state index < -0.39 is 12.3 Å². The van der Waals surface area contributed by atoms with Gasteiger partial charge in [0.1, 0.15) is 0 Å². The summed E-state index contributed by atoms with van der Waals surface area (Å²) in [4.78, 5) is 28.6. The summed E-state index contributed by atoms with van der Waals surface area (Å²) in [5, 5.41) is 27.9. The van der Waals surface area contributed by atoms with Crippen LogP contribution in [0.3, 0.4) is 0 Å². The average Bonchev–Trinajstić information content (AvgIpc) is 2.52. The van der Waals surface area contributed by atoms with E-state index in [1.807, 2.05) is 26.8 Å². The zero-order valence-electron chi connectivity index (χ0n) is 19.0. The lowest BCUT2D eigenvalue weighted by molar-refractivity contribution is -0.141. The molecule has 0 radical (unpaired) electrons. The van der Waals surface area contributed by atoms with Crippen molar-refractivity contribution >= 4 is 18.3 Å². The van der Waals surface area contributed by atoms with Gasteiger partial charge in [-0.3, -0.25) is 0 Å². The van der Waals surface area contributed by atoms with Crippen LogP contribution in [-0.4, -0.2) is 57.5 Å². The van der Waals surface area contributed by atoms with Gasteiger partial charge in [0.25, 0.3) is 0 Å². The molecule has 0 bridgehead atoms. The number of allylic oxidation sites excluding steroid dienone is 3. The predicted octanol–water partition coefficient (Wildman–Crippen LogP) is 5.51. The molecule has 0 amide bonds. The molecular weight excluding hydrogens is 396 g/mol. The zero-order valence-corrected chi connectivity index (χ0v) is 19.0. The van der Waals surface area contributed by atoms with E-state index in [0.717, 1.165) is 18.4 Å². The van der Waals surface area contributed by atoms with E-state index in [0.29, 0.717) is 5.92 Å². The average molecular weight is 435 g/mol. The number of carbonyl (C=O) groups excluding carboxylic acids is 1. The molecule has 0 saturated heterocycles. The summed E-state index contributed by atoms with van der Waals surface area (Å²) in [6, 6.07) is 0. The minimum absolute atomic E-state index is 0.0222. The number of hydrogen-bond donors (Lipinski definition) is 4. The van der Waals surface area contributed by atoms with Gasteiger partial charge < -0.3 is 29.9 Å². The van der Waals surface area contributed by atoms with Crippen molar-refractivity contribution in [2.75, 3.05) is 7.11 Å². The highest BCUT2D eigenvalue weighted by atomic mass is 16.6. The monoisotopic (exact) mass is 434 g/mol. The molecule has 0 aromatic heterocycles. The van der Waals surface area contributed by atoms with Gasteiger partial charge in [-0.25, -0.2) is 14.4 Å². The van der Waals surface area contributed by atoms with E-state index in [1.165, 1.54) is 12.8 Å². The van der Waals surface area contributed by atoms with Gasteiger partial charge in [0.2, 0.25) is 0 Å². The van der Waals surface area contributed by atoms with Crippen LogP contribution < -0.4 is 0 Å². The first kappa shape index (κ1) is 32.1. The molecule has 1 atom stereocenters. The molecule has 0 fully saturated rings. The quantitative estimate of drug-likeness (QED) is 0.198. The third-order valence-electron chi connectivity index (χ3n) is 3.64. The molecule has 0 aliphatic carbocycles. The summed E-state index contributed by atoms with van der Waals surface area (Å²) in [7, 11) is 1.77. The number of methoxy groups -OCH3 is 1. The topological polar surface area (TPSA) is 151 Å². The van der Waals surface area contributed by atoms with Crippen LogP contribution in [0.5, 0.6) is 0 Å². The Kier molecular flexibility index (Phi) is 19.8. The van der Waals surface area contributed by atoms with Crippen LogP contribution in [0, 0.1) is 5.92 Å². The van der Waals surface area contributed by atoms with Gasteiger partial charge in [0, 0.05) is 13.2 Å². The van der Waals surface area contributed by atoms with Crippen molar-refractivity contribution in [1.29, 1.82) is 0 Å². The van der Waals surface area contributed by atoms with Crippen molar-refractivity contribution in [1.82, 2.24) is 0 Å². The molecule has 30 heavy (non-hydrogen) atoms. The third-order valence-corrected chi connectivity index (χ3v) is 3.64. The van der Waals surface area contributed by atoms with E-state index in [2.05, 4.69) is 26.8 Å². The molecule has 0 aromatic carbocycles. The van der Waals surface area contributed by atoms with Crippen LogP contribution in [0.1, 0.15) is 67.2 Å². The number of carboxylic acid groups (broad SMARTS) is 4. The summed E-state index contributed by atoms with van der Waals surface area (Å²) in [5.74, 6) is 0.367. The molecule has 0 spiro atoms. The number of rotatable bonds is 10. The van der Waals surface area contributed by atoms with Crippen LogP contribution in [0.25, 0.3) is 0 Å². The fourth-order valence-corrected chi connectivity index (χ4v) is 2.08. The maximum Gasteiger partial charge on any atom is 0.503 e. The second kappa shape index (κ2) is 18.5. The third kappa shape index (κ3) is 33.1. The minimum Gasteiger partial charge on any atom is -0.460 e. The van der Waals surface area contributed by atoms with E-state index in [4.69, 9.17) is 39.5 Å². The van der Waals surface area contributed by atoms with Crippen LogP contribution in [0.2, 0.25) is 0 Å². The molecule has 9 nitrogen and oxygen atoms in total. The van der Waals surface area contributed by atoms with Gasteiger partial charge in [0.05, 0.1) is 11.7 Å². The second-order valence-corrected chi connectivity index (χ2v) is 7.54. The molecule has 4 N–H and O–H groups in total. The number of carbonyl (C=O) groups is 3. The molecule has 176 valence electrons. The van der Waals surface area contributed by atoms with Gasteiger partial charge in [-0.2, -0.15) is 0 Å². The Morgan fingerprint density at radius 1 is 1.00 bits per heavy atom. The van der Waals surface area contributed by atoms with Gasteiger partial charge >= 0.3 is 18.3 Å². The molecule has 0 aromatic rings. The van der Waals surface area contributed by atoms with Gasteiger partial charge in [-0.1, -0.05) is 31.9 Å². The molecule has 0 aliphatic rings. The van der Waals surface area contributed by atoms with Crippen molar-refractivity contribution in [2.24, 2.45) is 5.92 Å². The van der Waals surface area contributed by atoms with Crippen molar-refractivity contribution < 1.29 is 44.3 Å². The first-order valence-electron chi connectivity index (χ1n) is 9.57. The number of hydrogen-bond acceptors (Lipinski definition) is 5. The van der Waals surface area contributed by atoms with Crippen molar-refractivity contribution in [3.8, 4) is 0 Å². The largest absolute Gasteiger partial charge is 0.503 e. The van der Waals surface area contributed by atoms with Crippen molar-refractivity contribution in [3.63, 3.8) is 0 Å². The summed E-state index contributed by atoms with van der Waals surface area (Å²) >= 11 is 0. The standard InChI is InChI=1S/C19H34O3.2CH2O3/c1-15(2)22-18(20)14-17(4)11-8-10-16(3)12-9-13-19(5,6)21-7;2*2-1(3)4/h8,11,14-16H,9-10,12-13H2,1-7H3;2*(H2,2,3,4)/b11-8+,17-14+;;. The Morgan fingerprint density at radius 2 is 1.47 bits per heavy atom. The lowest BCUT2D eigenvalue weighted by atomic mass is 9.95. The highest BCUT2D eigenvalue weighted by Crippen LogP contribution is 2.20. The van der Waals surface area contributed by atoms with Crippen LogP contribution in [0.4, 0.5) is 9.59 Å². The normalized spacial score (nSPS) is 12.3. The van der Waals surface area contributed by atoms with Crippen LogP contribution >= 0.6 is 0 Å². The minimum atomic E-state index is -1.83. The Hall–Kier alpha value is -2.55. The van der Waals surface area contributed by atoms with Crippen molar-refractivity contribution in [2.45, 2.75) is 78.9 Å². The highest BCUT2D eigenvalue weighted by molar-refractivity contribution is 5.83. The van der Waals surface area contributed by atoms with E-state index in [9.17, 15) is 4.79 Å². The fraction of sp³-hybridized carbons (Fsp3) is 0.667. The Labute approximate surface area is 179 Å². The summed E-state index contributed by atoms with van der Waals surface area (Å²) in [5.41, 5.74) is 0.907. The lowest BCUT2D eigenvalue weighted by Crippen LogP contribution is -2.22. The summed E-state index contributed by atoms with van der Waals surface area (Å²) < 4.78 is 10.5. The number of esters is 1. The van der Waals surface area contributed by atoms with Crippen LogP contribution in [-0.2, 0) is 14.3 Å². The summed E-state index contributed by atoms with van der Waals surface area (Å²) in [6.07, 6.45) is 6.41. The van der Waals surface area contributed by atoms with E-state index >= 15 is 0 Å². The Morgan fingerprint density at radius 3 is 1.87 bits per heavy atom. The maximum atomic E-state index is 11.5. The first-order valence-corrected chi connectivity index (χ1v) is 9.57. The molecule has 0 heterocycles. The lowest BCUT2D eigenvalue weighted by Gasteiger charge is -2.23. The zero-order chi connectivity index (χ0) is 24.3. The molecular formula is C21H38O9. The number of ether oxygens (including phenoxy) is 2. The van der Waals surface area contributed by atoms with E-state index in [-0.39, 0.29) is 17.7 Å². The first-order chi connectivity index (χ1) is 13.6. The smallest absolute Gasteiger partial charge is 0.460 e. The fourth-order valence-electron chi connectivity index (χ4n) is 2.08. The SMILES string of the molecule is COC(C)(C)CCCC(C)C/C=C/C(C)=C/C(=O)OC(C)C.O=C(O)O.O=C(O)O. The molecule has 0 rings (SSSR count). The van der Waals surface area contributed by atoms with Crippen molar-refractivity contribution in [3.05, 3.63) is 23.8 Å². The molecule has 0 aliphatic heterocycles. The Balaban J connectivity index is -0.000000771. The van der Waals surface area contributed by atoms with Crippen LogP contribution in [0.15, 0.2) is 23.8 Å². The summed E-state index contributed by atoms with van der Waals surface area (Å²) in [6.45, 7) is 12.1. The molecule has 9 heteroatoms. The predicted molar refractivity (Wildman–Crippen MR) is 114 cm³/mol. The Bertz CT molecular complexity index is 529. The van der Waals surface area contributed by atoms with Gasteiger partial charge in [0.15, 0.2) is 0 Å². The van der Waals surface area contributed by atoms with Gasteiger partial charge in [-0.15, -0.1) is 0 Å². The highest BCUT2D eigenvalue weighted by Gasteiger charge is 2.15. The second-order valence-electron chi connectivity index (χ2n) is 7.54. The molecule has 1 unspecified atom stereocenters. The van der Waals surface area contributed by atoms with E-state index in [1.54, 1.807) is 13.2 Å².